The van der Waals surface area contributed by atoms with Gasteiger partial charge in [0.2, 0.25) is 0 Å². The molecule has 6 nitrogen and oxygen atoms in total. The lowest BCUT2D eigenvalue weighted by molar-refractivity contribution is -0.132. The van der Waals surface area contributed by atoms with Gasteiger partial charge in [0.05, 0.1) is 12.2 Å². The van der Waals surface area contributed by atoms with Crippen LogP contribution in [0.3, 0.4) is 0 Å². The molecule has 0 aliphatic carbocycles. The van der Waals surface area contributed by atoms with Gasteiger partial charge in [0.1, 0.15) is 29.9 Å². The number of rotatable bonds is 9. The van der Waals surface area contributed by atoms with E-state index in [-0.39, 0.29) is 11.3 Å². The zero-order valence-electron chi connectivity index (χ0n) is 20.9. The number of ether oxygens (including phenoxy) is 2. The van der Waals surface area contributed by atoms with Gasteiger partial charge in [0.25, 0.3) is 11.7 Å². The molecule has 4 aromatic rings. The molecule has 1 aliphatic rings. The second-order valence-electron chi connectivity index (χ2n) is 8.83. The molecule has 38 heavy (non-hydrogen) atoms. The van der Waals surface area contributed by atoms with E-state index in [2.05, 4.69) is 0 Å². The van der Waals surface area contributed by atoms with E-state index in [0.29, 0.717) is 36.0 Å². The number of aliphatic hydroxyl groups is 1. The molecule has 1 aliphatic heterocycles. The summed E-state index contributed by atoms with van der Waals surface area (Å²) in [6.07, 6.45) is 0.843. The van der Waals surface area contributed by atoms with Gasteiger partial charge in [-0.25, -0.2) is 0 Å². The molecule has 1 aromatic heterocycles. The van der Waals surface area contributed by atoms with Crippen molar-refractivity contribution >= 4 is 34.5 Å². The summed E-state index contributed by atoms with van der Waals surface area (Å²) in [4.78, 5) is 28.9. The Labute approximate surface area is 225 Å². The minimum Gasteiger partial charge on any atom is -0.507 e. The van der Waals surface area contributed by atoms with Crippen molar-refractivity contribution in [3.63, 3.8) is 0 Å². The van der Waals surface area contributed by atoms with Gasteiger partial charge in [-0.3, -0.25) is 14.5 Å². The maximum atomic E-state index is 13.3. The van der Waals surface area contributed by atoms with E-state index in [0.717, 1.165) is 16.9 Å². The van der Waals surface area contributed by atoms with Crippen LogP contribution in [0.25, 0.3) is 5.76 Å². The first-order valence-electron chi connectivity index (χ1n) is 12.4. The average Bonchev–Trinajstić information content (AvgIpc) is 3.58. The van der Waals surface area contributed by atoms with Gasteiger partial charge in [-0.2, -0.15) is 0 Å². The molecule has 192 valence electrons. The van der Waals surface area contributed by atoms with Crippen LogP contribution in [0.2, 0.25) is 0 Å². The van der Waals surface area contributed by atoms with Crippen LogP contribution in [0.15, 0.2) is 102 Å². The lowest BCUT2D eigenvalue weighted by Crippen LogP contribution is -2.29. The van der Waals surface area contributed by atoms with Crippen molar-refractivity contribution in [2.45, 2.75) is 26.0 Å². The number of benzene rings is 3. The first-order valence-corrected chi connectivity index (χ1v) is 13.3. The molecule has 1 atom stereocenters. The van der Waals surface area contributed by atoms with E-state index in [9.17, 15) is 14.7 Å². The van der Waals surface area contributed by atoms with Crippen molar-refractivity contribution in [3.8, 4) is 11.5 Å². The topological polar surface area (TPSA) is 76.1 Å². The first-order chi connectivity index (χ1) is 18.6. The van der Waals surface area contributed by atoms with Crippen LogP contribution in [-0.2, 0) is 16.2 Å². The second-order valence-corrected chi connectivity index (χ2v) is 9.81. The Balaban J connectivity index is 1.48. The van der Waals surface area contributed by atoms with E-state index in [1.807, 2.05) is 54.8 Å². The minimum atomic E-state index is -0.758. The molecule has 0 radical (unpaired) electrons. The predicted octanol–water partition coefficient (Wildman–Crippen LogP) is 6.74. The standard InChI is InChI=1S/C31H27NO5S/c1-2-17-36-25-11-6-10-22(19-25)29(33)27-28(26-12-7-18-38-26)32(31(35)30(27)34)23-13-15-24(16-14-23)37-20-21-8-4-3-5-9-21/h3-16,18-19,28,33H,2,17,20H2,1H3/b29-27-. The highest BCUT2D eigenvalue weighted by Crippen LogP contribution is 2.44. The van der Waals surface area contributed by atoms with Crippen LogP contribution in [-0.4, -0.2) is 23.4 Å². The lowest BCUT2D eigenvalue weighted by Gasteiger charge is -2.24. The average molecular weight is 526 g/mol. The molecule has 2 heterocycles. The van der Waals surface area contributed by atoms with Crippen molar-refractivity contribution in [3.05, 3.63) is 118 Å². The Morgan fingerprint density at radius 2 is 1.68 bits per heavy atom. The number of Topliss-reactive ketones (excluding diaryl/α,β-unsaturated/α-hetero) is 1. The van der Waals surface area contributed by atoms with E-state index in [1.54, 1.807) is 48.5 Å². The Kier molecular flexibility index (Phi) is 7.56. The van der Waals surface area contributed by atoms with Crippen LogP contribution >= 0.6 is 11.3 Å². The van der Waals surface area contributed by atoms with Gasteiger partial charge in [-0.1, -0.05) is 55.5 Å². The molecule has 5 rings (SSSR count). The molecule has 1 unspecified atom stereocenters. The number of amides is 1. The van der Waals surface area contributed by atoms with Gasteiger partial charge < -0.3 is 14.6 Å². The largest absolute Gasteiger partial charge is 0.507 e. The van der Waals surface area contributed by atoms with E-state index in [1.165, 1.54) is 16.2 Å². The van der Waals surface area contributed by atoms with Crippen LogP contribution in [0.1, 0.15) is 35.4 Å². The highest BCUT2D eigenvalue weighted by atomic mass is 32.1. The summed E-state index contributed by atoms with van der Waals surface area (Å²) in [5, 5.41) is 13.2. The number of nitrogens with zero attached hydrogens (tertiary/aromatic N) is 1. The maximum absolute atomic E-state index is 13.3. The van der Waals surface area contributed by atoms with Gasteiger partial charge >= 0.3 is 0 Å². The molecule has 0 spiro atoms. The fraction of sp³-hybridized carbons (Fsp3) is 0.161. The number of hydrogen-bond donors (Lipinski definition) is 1. The molecule has 0 bridgehead atoms. The van der Waals surface area contributed by atoms with Crippen molar-refractivity contribution in [1.29, 1.82) is 0 Å². The van der Waals surface area contributed by atoms with Gasteiger partial charge in [-0.15, -0.1) is 11.3 Å². The van der Waals surface area contributed by atoms with E-state index >= 15 is 0 Å². The molecular formula is C31H27NO5S. The quantitative estimate of drug-likeness (QED) is 0.149. The monoisotopic (exact) mass is 525 g/mol. The summed E-state index contributed by atoms with van der Waals surface area (Å²) in [6.45, 7) is 2.96. The Morgan fingerprint density at radius 1 is 0.895 bits per heavy atom. The van der Waals surface area contributed by atoms with Crippen LogP contribution in [0.5, 0.6) is 11.5 Å². The molecule has 0 saturated carbocycles. The third-order valence-corrected chi connectivity index (χ3v) is 7.13. The third kappa shape index (κ3) is 5.19. The van der Waals surface area contributed by atoms with E-state index in [4.69, 9.17) is 9.47 Å². The molecule has 3 aromatic carbocycles. The van der Waals surface area contributed by atoms with Gasteiger partial charge in [0.15, 0.2) is 0 Å². The van der Waals surface area contributed by atoms with Crippen molar-refractivity contribution in [2.24, 2.45) is 0 Å². The molecule has 1 N–H and O–H groups in total. The molecular weight excluding hydrogens is 498 g/mol. The predicted molar refractivity (Wildman–Crippen MR) is 149 cm³/mol. The van der Waals surface area contributed by atoms with Crippen LogP contribution in [0, 0.1) is 0 Å². The summed E-state index contributed by atoms with van der Waals surface area (Å²) < 4.78 is 11.6. The number of thiophene rings is 1. The number of carbonyl (C=O) groups excluding carboxylic acids is 2. The summed E-state index contributed by atoms with van der Waals surface area (Å²) in [6, 6.07) is 26.8. The fourth-order valence-corrected chi connectivity index (χ4v) is 5.19. The second kappa shape index (κ2) is 11.4. The van der Waals surface area contributed by atoms with Crippen molar-refractivity contribution in [2.75, 3.05) is 11.5 Å². The Morgan fingerprint density at radius 3 is 2.39 bits per heavy atom. The Hall–Kier alpha value is -4.36. The summed E-state index contributed by atoms with van der Waals surface area (Å²) in [7, 11) is 0. The summed E-state index contributed by atoms with van der Waals surface area (Å²) in [5.74, 6) is -0.421. The van der Waals surface area contributed by atoms with Crippen LogP contribution < -0.4 is 14.4 Å². The number of carbonyl (C=O) groups is 2. The fourth-order valence-electron chi connectivity index (χ4n) is 4.37. The normalized spacial score (nSPS) is 16.6. The number of hydrogen-bond acceptors (Lipinski definition) is 6. The number of anilines is 1. The molecule has 1 fully saturated rings. The lowest BCUT2D eigenvalue weighted by atomic mass is 9.99. The number of aliphatic hydroxyl groups excluding tert-OH is 1. The van der Waals surface area contributed by atoms with Crippen LogP contribution in [0.4, 0.5) is 5.69 Å². The van der Waals surface area contributed by atoms with Crippen molar-refractivity contribution < 1.29 is 24.2 Å². The zero-order valence-corrected chi connectivity index (χ0v) is 21.7. The summed E-state index contributed by atoms with van der Waals surface area (Å²) >= 11 is 1.42. The highest BCUT2D eigenvalue weighted by molar-refractivity contribution is 7.10. The molecule has 1 saturated heterocycles. The SMILES string of the molecule is CCCOc1cccc(/C(O)=C2/C(=O)C(=O)N(c3ccc(OCc4ccccc4)cc3)C2c2cccs2)c1. The smallest absolute Gasteiger partial charge is 0.300 e. The number of ketones is 1. The van der Waals surface area contributed by atoms with E-state index < -0.39 is 17.7 Å². The van der Waals surface area contributed by atoms with Gasteiger partial charge in [-0.05, 0) is 59.8 Å². The maximum Gasteiger partial charge on any atom is 0.300 e. The van der Waals surface area contributed by atoms with Gasteiger partial charge in [0, 0.05) is 16.1 Å². The third-order valence-electron chi connectivity index (χ3n) is 6.20. The summed E-state index contributed by atoms with van der Waals surface area (Å²) in [5.41, 5.74) is 2.05. The first kappa shape index (κ1) is 25.3. The molecule has 7 heteroatoms. The van der Waals surface area contributed by atoms with Crippen molar-refractivity contribution in [1.82, 2.24) is 0 Å². The Bertz CT molecular complexity index is 1450. The minimum absolute atomic E-state index is 0.0505. The molecule has 1 amide bonds. The zero-order chi connectivity index (χ0) is 26.5. The highest BCUT2D eigenvalue weighted by Gasteiger charge is 2.47.